The minimum absolute atomic E-state index is 0.727. The normalized spacial score (nSPS) is 18.4. The van der Waals surface area contributed by atoms with Crippen LogP contribution in [0.3, 0.4) is 0 Å². The van der Waals surface area contributed by atoms with Crippen LogP contribution < -0.4 is 10.1 Å². The Morgan fingerprint density at radius 3 is 2.86 bits per heavy atom. The maximum Gasteiger partial charge on any atom is 0.122 e. The highest BCUT2D eigenvalue weighted by Crippen LogP contribution is 2.19. The summed E-state index contributed by atoms with van der Waals surface area (Å²) < 4.78 is 5.97. The number of benzene rings is 1. The lowest BCUT2D eigenvalue weighted by Crippen LogP contribution is -2.38. The first-order chi connectivity index (χ1) is 10.2. The zero-order valence-electron chi connectivity index (χ0n) is 13.8. The molecule has 3 nitrogen and oxygen atoms in total. The average molecular weight is 290 g/mol. The van der Waals surface area contributed by atoms with Crippen LogP contribution in [0.2, 0.25) is 0 Å². The van der Waals surface area contributed by atoms with Crippen molar-refractivity contribution in [1.82, 2.24) is 10.2 Å². The zero-order valence-corrected chi connectivity index (χ0v) is 13.8. The Kier molecular flexibility index (Phi) is 6.52. The van der Waals surface area contributed by atoms with Gasteiger partial charge in [0.15, 0.2) is 0 Å². The van der Waals surface area contributed by atoms with E-state index in [1.165, 1.54) is 37.1 Å². The molecule has 0 aromatic heterocycles. The molecule has 1 N–H and O–H groups in total. The number of nitrogens with zero attached hydrogens (tertiary/aromatic N) is 1. The molecule has 1 saturated heterocycles. The molecule has 0 bridgehead atoms. The van der Waals surface area contributed by atoms with E-state index in [-0.39, 0.29) is 0 Å². The molecule has 1 heterocycles. The van der Waals surface area contributed by atoms with Gasteiger partial charge in [-0.05, 0) is 63.4 Å². The average Bonchev–Trinajstić information content (AvgIpc) is 3.00. The van der Waals surface area contributed by atoms with E-state index in [2.05, 4.69) is 49.2 Å². The highest BCUT2D eigenvalue weighted by atomic mass is 16.5. The predicted molar refractivity (Wildman–Crippen MR) is 89.2 cm³/mol. The molecule has 118 valence electrons. The van der Waals surface area contributed by atoms with Gasteiger partial charge >= 0.3 is 0 Å². The van der Waals surface area contributed by atoms with Gasteiger partial charge in [0.1, 0.15) is 5.75 Å². The van der Waals surface area contributed by atoms with E-state index in [0.717, 1.165) is 37.9 Å². The smallest absolute Gasteiger partial charge is 0.122 e. The molecule has 3 heteroatoms. The largest absolute Gasteiger partial charge is 0.493 e. The molecule has 21 heavy (non-hydrogen) atoms. The van der Waals surface area contributed by atoms with Gasteiger partial charge in [-0.25, -0.2) is 0 Å². The molecule has 1 aromatic carbocycles. The van der Waals surface area contributed by atoms with Crippen LogP contribution in [0.5, 0.6) is 5.75 Å². The quantitative estimate of drug-likeness (QED) is 0.744. The molecule has 1 aromatic rings. The monoisotopic (exact) mass is 290 g/mol. The van der Waals surface area contributed by atoms with Crippen molar-refractivity contribution in [3.05, 3.63) is 29.3 Å². The van der Waals surface area contributed by atoms with E-state index < -0.39 is 0 Å². The number of hydrogen-bond acceptors (Lipinski definition) is 3. The minimum Gasteiger partial charge on any atom is -0.493 e. The summed E-state index contributed by atoms with van der Waals surface area (Å²) >= 11 is 0. The molecule has 0 amide bonds. The Hall–Kier alpha value is -1.06. The maximum absolute atomic E-state index is 5.97. The molecule has 0 aliphatic carbocycles. The van der Waals surface area contributed by atoms with Gasteiger partial charge in [0.2, 0.25) is 0 Å². The summed E-state index contributed by atoms with van der Waals surface area (Å²) in [4.78, 5) is 2.63. The standard InChI is InChI=1S/C18H30N2O/c1-4-10-20(17-8-9-19-14-17)11-5-12-21-18-13-15(2)6-7-16(18)3/h6-7,13,17,19H,4-5,8-12,14H2,1-3H3. The van der Waals surface area contributed by atoms with Gasteiger partial charge < -0.3 is 10.1 Å². The fourth-order valence-corrected chi connectivity index (χ4v) is 3.03. The molecule has 1 fully saturated rings. The van der Waals surface area contributed by atoms with E-state index in [4.69, 9.17) is 4.74 Å². The Balaban J connectivity index is 1.75. The SMILES string of the molecule is CCCN(CCCOc1cc(C)ccc1C)C1CCNC1. The van der Waals surface area contributed by atoms with Crippen molar-refractivity contribution in [1.29, 1.82) is 0 Å². The second-order valence-corrected chi connectivity index (χ2v) is 6.15. The third kappa shape index (κ3) is 5.01. The van der Waals surface area contributed by atoms with Gasteiger partial charge in [0, 0.05) is 19.1 Å². The molecule has 0 spiro atoms. The molecule has 0 saturated carbocycles. The molecular formula is C18H30N2O. The van der Waals surface area contributed by atoms with Crippen molar-refractivity contribution in [3.63, 3.8) is 0 Å². The zero-order chi connectivity index (χ0) is 15.1. The van der Waals surface area contributed by atoms with Crippen molar-refractivity contribution in [3.8, 4) is 5.75 Å². The first kappa shape index (κ1) is 16.3. The van der Waals surface area contributed by atoms with Gasteiger partial charge in [-0.1, -0.05) is 19.1 Å². The van der Waals surface area contributed by atoms with E-state index in [0.29, 0.717) is 0 Å². The summed E-state index contributed by atoms with van der Waals surface area (Å²) in [6.45, 7) is 12.0. The van der Waals surface area contributed by atoms with E-state index in [9.17, 15) is 0 Å². The molecular weight excluding hydrogens is 260 g/mol. The van der Waals surface area contributed by atoms with Crippen molar-refractivity contribution in [2.24, 2.45) is 0 Å². The van der Waals surface area contributed by atoms with Crippen molar-refractivity contribution >= 4 is 0 Å². The van der Waals surface area contributed by atoms with Crippen molar-refractivity contribution in [2.45, 2.75) is 46.1 Å². The van der Waals surface area contributed by atoms with Gasteiger partial charge in [-0.3, -0.25) is 4.90 Å². The second kappa shape index (κ2) is 8.40. The first-order valence-electron chi connectivity index (χ1n) is 8.35. The third-order valence-corrected chi connectivity index (χ3v) is 4.25. The van der Waals surface area contributed by atoms with E-state index >= 15 is 0 Å². The second-order valence-electron chi connectivity index (χ2n) is 6.15. The van der Waals surface area contributed by atoms with Crippen molar-refractivity contribution < 1.29 is 4.74 Å². The van der Waals surface area contributed by atoms with Crippen LogP contribution in [0.15, 0.2) is 18.2 Å². The Morgan fingerprint density at radius 1 is 1.29 bits per heavy atom. The maximum atomic E-state index is 5.97. The number of nitrogens with one attached hydrogen (secondary N) is 1. The van der Waals surface area contributed by atoms with Gasteiger partial charge in [-0.15, -0.1) is 0 Å². The van der Waals surface area contributed by atoms with Crippen LogP contribution in [0.25, 0.3) is 0 Å². The van der Waals surface area contributed by atoms with Crippen LogP contribution in [0, 0.1) is 13.8 Å². The van der Waals surface area contributed by atoms with Crippen LogP contribution in [0.4, 0.5) is 0 Å². The van der Waals surface area contributed by atoms with Crippen LogP contribution in [0.1, 0.15) is 37.3 Å². The number of rotatable bonds is 8. The van der Waals surface area contributed by atoms with Crippen LogP contribution >= 0.6 is 0 Å². The molecule has 2 rings (SSSR count). The van der Waals surface area contributed by atoms with Gasteiger partial charge in [0.05, 0.1) is 6.61 Å². The van der Waals surface area contributed by atoms with Gasteiger partial charge in [-0.2, -0.15) is 0 Å². The number of hydrogen-bond donors (Lipinski definition) is 1. The topological polar surface area (TPSA) is 24.5 Å². The summed E-state index contributed by atoms with van der Waals surface area (Å²) in [5.41, 5.74) is 2.49. The third-order valence-electron chi connectivity index (χ3n) is 4.25. The minimum atomic E-state index is 0.727. The summed E-state index contributed by atoms with van der Waals surface area (Å²) in [6.07, 6.45) is 3.62. The lowest BCUT2D eigenvalue weighted by Gasteiger charge is -2.27. The predicted octanol–water partition coefficient (Wildman–Crippen LogP) is 3.15. The highest BCUT2D eigenvalue weighted by Gasteiger charge is 2.20. The first-order valence-corrected chi connectivity index (χ1v) is 8.35. The summed E-state index contributed by atoms with van der Waals surface area (Å²) in [7, 11) is 0. The summed E-state index contributed by atoms with van der Waals surface area (Å²) in [6, 6.07) is 7.14. The Labute approximate surface area is 129 Å². The fraction of sp³-hybridized carbons (Fsp3) is 0.667. The summed E-state index contributed by atoms with van der Waals surface area (Å²) in [5.74, 6) is 1.04. The Bertz CT molecular complexity index is 427. The fourth-order valence-electron chi connectivity index (χ4n) is 3.03. The lowest BCUT2D eigenvalue weighted by molar-refractivity contribution is 0.187. The number of ether oxygens (including phenoxy) is 1. The van der Waals surface area contributed by atoms with E-state index in [1.807, 2.05) is 0 Å². The van der Waals surface area contributed by atoms with Gasteiger partial charge in [0.25, 0.3) is 0 Å². The van der Waals surface area contributed by atoms with Crippen LogP contribution in [-0.4, -0.2) is 43.7 Å². The molecule has 0 radical (unpaired) electrons. The molecule has 1 unspecified atom stereocenters. The Morgan fingerprint density at radius 2 is 2.14 bits per heavy atom. The van der Waals surface area contributed by atoms with Crippen molar-refractivity contribution in [2.75, 3.05) is 32.8 Å². The summed E-state index contributed by atoms with van der Waals surface area (Å²) in [5, 5.41) is 3.47. The molecule has 1 aliphatic heterocycles. The van der Waals surface area contributed by atoms with E-state index in [1.54, 1.807) is 0 Å². The van der Waals surface area contributed by atoms with Crippen LogP contribution in [-0.2, 0) is 0 Å². The number of aryl methyl sites for hydroxylation is 2. The molecule has 1 atom stereocenters. The molecule has 1 aliphatic rings. The lowest BCUT2D eigenvalue weighted by atomic mass is 10.1. The highest BCUT2D eigenvalue weighted by molar-refractivity contribution is 5.35.